The molecule has 0 radical (unpaired) electrons. The average molecular weight is 118 g/mol. The maximum atomic E-state index is 1.68. The van der Waals surface area contributed by atoms with Crippen molar-refractivity contribution in [3.8, 4) is 0 Å². The fourth-order valence-corrected chi connectivity index (χ4v) is 5.72. The van der Waals surface area contributed by atoms with Crippen LogP contribution in [-0.2, 0) is 0 Å². The zero-order valence-electron chi connectivity index (χ0n) is 5.33. The first-order valence-corrected chi connectivity index (χ1v) is 4.48. The molecule has 0 nitrogen and oxygen atoms in total. The lowest BCUT2D eigenvalue weighted by Crippen LogP contribution is -2.81. The Kier molecular flexibility index (Phi) is 0.238. The maximum absolute atomic E-state index is 1.68. The molecule has 0 amide bonds. The van der Waals surface area contributed by atoms with Crippen molar-refractivity contribution in [1.82, 2.24) is 0 Å². The Balaban J connectivity index is 1.96. The van der Waals surface area contributed by atoms with Crippen molar-refractivity contribution in [2.45, 2.75) is 6.42 Å². The monoisotopic (exact) mass is 118 g/mol. The molecule has 0 aromatic heterocycles. The highest BCUT2D eigenvalue weighted by atomic mass is 14.9. The lowest BCUT2D eigenvalue weighted by atomic mass is 9.20. The van der Waals surface area contributed by atoms with E-state index in [9.17, 15) is 0 Å². The van der Waals surface area contributed by atoms with E-state index in [0.29, 0.717) is 0 Å². The maximum Gasteiger partial charge on any atom is -0.0312 e. The molecule has 0 aromatic carbocycles. The van der Waals surface area contributed by atoms with Crippen molar-refractivity contribution in [3.63, 3.8) is 0 Å². The normalized spacial score (nSPS) is 98.7. The van der Waals surface area contributed by atoms with Crippen molar-refractivity contribution < 1.29 is 0 Å². The van der Waals surface area contributed by atoms with Gasteiger partial charge in [0, 0.05) is 0 Å². The van der Waals surface area contributed by atoms with Crippen LogP contribution in [0.3, 0.4) is 0 Å². The van der Waals surface area contributed by atoms with Gasteiger partial charge in [-0.2, -0.15) is 0 Å². The van der Waals surface area contributed by atoms with Crippen molar-refractivity contribution >= 4 is 0 Å². The summed E-state index contributed by atoms with van der Waals surface area (Å²) in [5, 5.41) is 0. The van der Waals surface area contributed by atoms with Gasteiger partial charge in [0.05, 0.1) is 0 Å². The average Bonchev–Trinajstić information content (AvgIpc) is 2.12. The molecule has 6 aliphatic rings. The lowest BCUT2D eigenvalue weighted by Gasteiger charge is -2.84. The number of rotatable bonds is 0. The van der Waals surface area contributed by atoms with Gasteiger partial charge in [-0.25, -0.2) is 0 Å². The Bertz CT molecular complexity index is 175. The van der Waals surface area contributed by atoms with Crippen molar-refractivity contribution in [2.24, 2.45) is 47.3 Å². The third-order valence-corrected chi connectivity index (χ3v) is 5.63. The summed E-state index contributed by atoms with van der Waals surface area (Å²) >= 11 is 0. The van der Waals surface area contributed by atoms with E-state index >= 15 is 0 Å². The van der Waals surface area contributed by atoms with Crippen LogP contribution >= 0.6 is 0 Å². The lowest BCUT2D eigenvalue weighted by molar-refractivity contribution is -0.379. The standard InChI is InChI=1S/C9H10/c1-2-4-6-3(1)7-5(2)8(4)9(6)7/h2-9H,1H2/t2?,3?,4-,5?,6?,7?,8?,9?/m0/s1. The smallest absolute Gasteiger partial charge is 0.0312 e. The fraction of sp³-hybridized carbons (Fsp3) is 1.00. The molecule has 46 valence electrons. The van der Waals surface area contributed by atoms with E-state index in [1.54, 1.807) is 6.42 Å². The molecule has 0 heteroatoms. The van der Waals surface area contributed by atoms with Crippen LogP contribution in [0.5, 0.6) is 0 Å². The number of hydrogen-bond acceptors (Lipinski definition) is 0. The Morgan fingerprint density at radius 1 is 0.556 bits per heavy atom. The predicted octanol–water partition coefficient (Wildman–Crippen LogP) is 1.37. The van der Waals surface area contributed by atoms with Crippen LogP contribution in [0.15, 0.2) is 0 Å². The van der Waals surface area contributed by atoms with E-state index in [2.05, 4.69) is 0 Å². The van der Waals surface area contributed by atoms with Gasteiger partial charge in [-0.3, -0.25) is 0 Å². The molecule has 0 spiro atoms. The van der Waals surface area contributed by atoms with Gasteiger partial charge in [-0.15, -0.1) is 0 Å². The SMILES string of the molecule is C1C2C3C4C1[C@H]1C2C3C41. The van der Waals surface area contributed by atoms with E-state index in [-0.39, 0.29) is 0 Å². The molecule has 6 rings (SSSR count). The molecule has 0 heterocycles. The van der Waals surface area contributed by atoms with Gasteiger partial charge in [-0.05, 0) is 53.8 Å². The minimum atomic E-state index is 1.29. The second kappa shape index (κ2) is 0.627. The number of hydrogen-bond donors (Lipinski definition) is 0. The van der Waals surface area contributed by atoms with E-state index in [1.807, 2.05) is 0 Å². The molecule has 9 heavy (non-hydrogen) atoms. The van der Waals surface area contributed by atoms with Crippen molar-refractivity contribution in [1.29, 1.82) is 0 Å². The Labute approximate surface area is 54.6 Å². The third kappa shape index (κ3) is 0.125. The van der Waals surface area contributed by atoms with Crippen molar-refractivity contribution in [3.05, 3.63) is 0 Å². The highest BCUT2D eigenvalue weighted by molar-refractivity contribution is 5.37. The predicted molar refractivity (Wildman–Crippen MR) is 32.5 cm³/mol. The summed E-state index contributed by atoms with van der Waals surface area (Å²) in [4.78, 5) is 0. The molecular weight excluding hydrogens is 108 g/mol. The summed E-state index contributed by atoms with van der Waals surface area (Å²) in [7, 11) is 0. The minimum absolute atomic E-state index is 1.29. The van der Waals surface area contributed by atoms with Gasteiger partial charge >= 0.3 is 0 Å². The molecule has 8 atom stereocenters. The highest BCUT2D eigenvalue weighted by Gasteiger charge is 2.90. The van der Waals surface area contributed by atoms with E-state index in [4.69, 9.17) is 0 Å². The highest BCUT2D eigenvalue weighted by Crippen LogP contribution is 2.94. The largest absolute Gasteiger partial charge is 0.0464 e. The Hall–Kier alpha value is 0. The Morgan fingerprint density at radius 3 is 1.33 bits per heavy atom. The molecule has 6 fully saturated rings. The topological polar surface area (TPSA) is 0 Å². The van der Waals surface area contributed by atoms with Gasteiger partial charge in [0.15, 0.2) is 0 Å². The second-order valence-corrected chi connectivity index (χ2v) is 5.03. The van der Waals surface area contributed by atoms with Crippen LogP contribution in [0, 0.1) is 47.3 Å². The summed E-state index contributed by atoms with van der Waals surface area (Å²) in [6, 6.07) is 0. The van der Waals surface area contributed by atoms with Crippen LogP contribution in [0.4, 0.5) is 0 Å². The molecular formula is C9H10. The third-order valence-electron chi connectivity index (χ3n) is 5.63. The first-order valence-electron chi connectivity index (χ1n) is 4.48. The minimum Gasteiger partial charge on any atom is -0.0464 e. The van der Waals surface area contributed by atoms with Crippen LogP contribution in [0.25, 0.3) is 0 Å². The van der Waals surface area contributed by atoms with Gasteiger partial charge < -0.3 is 0 Å². The van der Waals surface area contributed by atoms with Crippen LogP contribution in [-0.4, -0.2) is 0 Å². The van der Waals surface area contributed by atoms with E-state index < -0.39 is 0 Å². The molecule has 6 saturated carbocycles. The van der Waals surface area contributed by atoms with Crippen LogP contribution in [0.1, 0.15) is 6.42 Å². The molecule has 2 bridgehead atoms. The zero-order valence-corrected chi connectivity index (χ0v) is 5.33. The Morgan fingerprint density at radius 2 is 1.00 bits per heavy atom. The first kappa shape index (κ1) is 3.41. The summed E-state index contributed by atoms with van der Waals surface area (Å²) in [6.45, 7) is 0. The molecule has 6 aliphatic carbocycles. The molecule has 7 unspecified atom stereocenters. The van der Waals surface area contributed by atoms with Crippen LogP contribution in [0.2, 0.25) is 0 Å². The van der Waals surface area contributed by atoms with Gasteiger partial charge in [0.2, 0.25) is 0 Å². The molecule has 0 aromatic rings. The quantitative estimate of drug-likeness (QED) is 0.450. The molecule has 0 N–H and O–H groups in total. The second-order valence-electron chi connectivity index (χ2n) is 5.03. The van der Waals surface area contributed by atoms with Crippen molar-refractivity contribution in [2.75, 3.05) is 0 Å². The van der Waals surface area contributed by atoms with Gasteiger partial charge in [0.1, 0.15) is 0 Å². The molecule has 0 aliphatic heterocycles. The van der Waals surface area contributed by atoms with E-state index in [0.717, 1.165) is 0 Å². The van der Waals surface area contributed by atoms with Gasteiger partial charge in [-0.1, -0.05) is 0 Å². The molecule has 0 saturated heterocycles. The summed E-state index contributed by atoms with van der Waals surface area (Å²) < 4.78 is 0. The zero-order chi connectivity index (χ0) is 5.33. The summed E-state index contributed by atoms with van der Waals surface area (Å²) in [5.41, 5.74) is 0. The first-order chi connectivity index (χ1) is 4.48. The fourth-order valence-electron chi connectivity index (χ4n) is 5.72. The van der Waals surface area contributed by atoms with Crippen LogP contribution < -0.4 is 0 Å². The summed E-state index contributed by atoms with van der Waals surface area (Å²) in [5.74, 6) is 10.5. The van der Waals surface area contributed by atoms with Gasteiger partial charge in [0.25, 0.3) is 0 Å². The van der Waals surface area contributed by atoms with E-state index in [1.165, 1.54) is 47.3 Å². The summed E-state index contributed by atoms with van der Waals surface area (Å²) in [6.07, 6.45) is 1.68.